The largest absolute Gasteiger partial charge is 0.434 e. The van der Waals surface area contributed by atoms with Gasteiger partial charge in [-0.3, -0.25) is 20.2 Å². The highest BCUT2D eigenvalue weighted by atomic mass is 35.5. The van der Waals surface area contributed by atoms with Crippen LogP contribution >= 0.6 is 11.6 Å². The Morgan fingerprint density at radius 2 is 2.04 bits per heavy atom. The van der Waals surface area contributed by atoms with E-state index in [1.54, 1.807) is 36.4 Å². The first-order chi connectivity index (χ1) is 11.4. The Morgan fingerprint density at radius 3 is 2.71 bits per heavy atom. The van der Waals surface area contributed by atoms with Gasteiger partial charge in [0, 0.05) is 9.85 Å². The molecule has 1 saturated carbocycles. The molecule has 1 fully saturated rings. The number of oxazole rings is 1. The fourth-order valence-electron chi connectivity index (χ4n) is 3.95. The molecule has 0 spiro atoms. The van der Waals surface area contributed by atoms with Gasteiger partial charge in [-0.15, -0.1) is 0 Å². The summed E-state index contributed by atoms with van der Waals surface area (Å²) in [6.07, 6.45) is 3.89. The van der Waals surface area contributed by atoms with Crippen LogP contribution in [0.1, 0.15) is 18.4 Å². The molecule has 1 unspecified atom stereocenters. The molecule has 1 heterocycles. The zero-order valence-corrected chi connectivity index (χ0v) is 13.0. The number of para-hydroxylation sites is 2. The number of benzene rings is 1. The maximum atomic E-state index is 11.8. The van der Waals surface area contributed by atoms with E-state index in [1.807, 2.05) is 0 Å². The third kappa shape index (κ3) is 1.89. The van der Waals surface area contributed by atoms with Gasteiger partial charge in [-0.1, -0.05) is 24.3 Å². The second kappa shape index (κ2) is 5.01. The maximum absolute atomic E-state index is 11.8. The lowest BCUT2D eigenvalue weighted by atomic mass is 9.82. The summed E-state index contributed by atoms with van der Waals surface area (Å²) < 4.78 is 5.53. The average molecular weight is 350 g/mol. The quantitative estimate of drug-likeness (QED) is 0.275. The van der Waals surface area contributed by atoms with Crippen molar-refractivity contribution in [3.05, 3.63) is 62.5 Å². The highest BCUT2D eigenvalue weighted by molar-refractivity contribution is 6.23. The fourth-order valence-corrected chi connectivity index (χ4v) is 4.39. The lowest BCUT2D eigenvalue weighted by Crippen LogP contribution is -2.47. The molecule has 4 rings (SSSR count). The van der Waals surface area contributed by atoms with Crippen LogP contribution in [0.3, 0.4) is 0 Å². The van der Waals surface area contributed by atoms with Crippen molar-refractivity contribution in [2.45, 2.75) is 17.5 Å². The van der Waals surface area contributed by atoms with E-state index in [9.17, 15) is 20.2 Å². The Bertz CT molecular complexity index is 848. The average Bonchev–Trinajstić information content (AvgIpc) is 3.22. The molecule has 0 radical (unpaired) electrons. The normalized spacial score (nSPS) is 32.3. The summed E-state index contributed by atoms with van der Waals surface area (Å²) in [6, 6.07) is 5.30. The first-order valence-corrected chi connectivity index (χ1v) is 7.81. The third-order valence-corrected chi connectivity index (χ3v) is 5.65. The topological polar surface area (TPSA) is 112 Å². The van der Waals surface area contributed by atoms with Gasteiger partial charge in [-0.05, 0) is 36.1 Å². The Balaban J connectivity index is 1.85. The predicted octanol–water partition coefficient (Wildman–Crippen LogP) is 3.18. The van der Waals surface area contributed by atoms with Crippen LogP contribution in [-0.2, 0) is 0 Å². The molecule has 2 aliphatic carbocycles. The number of alkyl halides is 1. The molecule has 0 amide bonds. The molecule has 1 aromatic carbocycles. The number of nitrogens with zero attached hydrogens (tertiary/aromatic N) is 3. The van der Waals surface area contributed by atoms with E-state index < -0.39 is 32.7 Å². The van der Waals surface area contributed by atoms with Gasteiger partial charge in [0.05, 0.1) is 5.92 Å². The molecular formula is C15H12ClN3O5. The van der Waals surface area contributed by atoms with Gasteiger partial charge in [-0.25, -0.2) is 4.98 Å². The first kappa shape index (κ1) is 15.1. The van der Waals surface area contributed by atoms with Gasteiger partial charge >= 0.3 is 5.00 Å². The van der Waals surface area contributed by atoms with Gasteiger partial charge in [-0.2, -0.15) is 0 Å². The number of halogens is 1. The summed E-state index contributed by atoms with van der Waals surface area (Å²) in [5.41, 5.74) is 0.874. The second-order valence-corrected chi connectivity index (χ2v) is 6.76. The van der Waals surface area contributed by atoms with Gasteiger partial charge in [0.25, 0.3) is 11.9 Å². The van der Waals surface area contributed by atoms with E-state index in [4.69, 9.17) is 16.0 Å². The van der Waals surface area contributed by atoms with Crippen molar-refractivity contribution in [2.24, 2.45) is 17.8 Å². The molecule has 0 aliphatic heterocycles. The molecule has 2 aromatic rings. The highest BCUT2D eigenvalue weighted by Crippen LogP contribution is 2.59. The van der Waals surface area contributed by atoms with Crippen molar-refractivity contribution in [2.75, 3.05) is 0 Å². The van der Waals surface area contributed by atoms with Crippen LogP contribution in [0.15, 0.2) is 40.8 Å². The molecule has 124 valence electrons. The molecule has 5 atom stereocenters. The van der Waals surface area contributed by atoms with E-state index in [2.05, 4.69) is 4.98 Å². The summed E-state index contributed by atoms with van der Waals surface area (Å²) in [4.78, 5) is 24.4. The van der Waals surface area contributed by atoms with Crippen LogP contribution in [-0.4, -0.2) is 19.8 Å². The van der Waals surface area contributed by atoms with Crippen LogP contribution in [0.4, 0.5) is 0 Å². The third-order valence-electron chi connectivity index (χ3n) is 4.98. The zero-order chi connectivity index (χ0) is 17.1. The van der Waals surface area contributed by atoms with Crippen molar-refractivity contribution in [1.82, 2.24) is 4.98 Å². The lowest BCUT2D eigenvalue weighted by Gasteiger charge is -2.28. The lowest BCUT2D eigenvalue weighted by molar-refractivity contribution is -0.595. The summed E-state index contributed by atoms with van der Waals surface area (Å²) in [5, 5.41) is 23.4. The standard InChI is InChI=1S/C15H12ClN3O5/c16-15(19(22)23)9-6-5-8(7-9)12(15)13(18(20)21)14-17-10-3-1-2-4-11(10)24-14/h1-6,8-9,12-13H,7H2/t8-,9+,12-,13?,15+/m0/s1. The van der Waals surface area contributed by atoms with E-state index in [-0.39, 0.29) is 11.8 Å². The summed E-state index contributed by atoms with van der Waals surface area (Å²) in [6.45, 7) is 0. The van der Waals surface area contributed by atoms with E-state index in [1.165, 1.54) is 0 Å². The minimum atomic E-state index is -1.92. The molecule has 2 aliphatic rings. The van der Waals surface area contributed by atoms with Gasteiger partial charge in [0.15, 0.2) is 5.58 Å². The van der Waals surface area contributed by atoms with Crippen LogP contribution in [0.2, 0.25) is 0 Å². The molecule has 1 aromatic heterocycles. The van der Waals surface area contributed by atoms with Crippen LogP contribution < -0.4 is 0 Å². The number of allylic oxidation sites excluding steroid dienone is 1. The first-order valence-electron chi connectivity index (χ1n) is 7.43. The molecule has 24 heavy (non-hydrogen) atoms. The number of aromatic nitrogens is 1. The molecule has 9 heteroatoms. The van der Waals surface area contributed by atoms with Crippen molar-refractivity contribution in [3.63, 3.8) is 0 Å². The SMILES string of the molecule is O=[N+]([O-])C(c1nc2ccccc2o1)[C@@H]1[C@H]2C=C[C@H](C2)[C@@]1(Cl)[N+](=O)[O-]. The second-order valence-electron chi connectivity index (χ2n) is 6.15. The van der Waals surface area contributed by atoms with Crippen LogP contribution in [0.25, 0.3) is 11.1 Å². The van der Waals surface area contributed by atoms with E-state index >= 15 is 0 Å². The summed E-state index contributed by atoms with van der Waals surface area (Å²) in [5.74, 6) is -2.04. The fraction of sp³-hybridized carbons (Fsp3) is 0.400. The van der Waals surface area contributed by atoms with Crippen LogP contribution in [0.5, 0.6) is 0 Å². The maximum Gasteiger partial charge on any atom is 0.311 e. The van der Waals surface area contributed by atoms with Crippen molar-refractivity contribution in [3.8, 4) is 0 Å². The number of nitro groups is 2. The Labute approximate surface area is 140 Å². The van der Waals surface area contributed by atoms with Gasteiger partial charge in [0.1, 0.15) is 11.4 Å². The summed E-state index contributed by atoms with van der Waals surface area (Å²) >= 11 is 6.33. The van der Waals surface area contributed by atoms with Gasteiger partial charge in [0.2, 0.25) is 0 Å². The van der Waals surface area contributed by atoms with Crippen LogP contribution in [0, 0.1) is 38.0 Å². The smallest absolute Gasteiger partial charge is 0.311 e. The zero-order valence-electron chi connectivity index (χ0n) is 12.2. The molecule has 0 N–H and O–H groups in total. The number of rotatable bonds is 4. The van der Waals surface area contributed by atoms with E-state index in [0.29, 0.717) is 17.5 Å². The molecular weight excluding hydrogens is 338 g/mol. The number of fused-ring (bicyclic) bond motifs is 3. The molecule has 2 bridgehead atoms. The highest BCUT2D eigenvalue weighted by Gasteiger charge is 2.70. The van der Waals surface area contributed by atoms with Crippen molar-refractivity contribution in [1.29, 1.82) is 0 Å². The van der Waals surface area contributed by atoms with Crippen molar-refractivity contribution < 1.29 is 14.3 Å². The molecule has 0 saturated heterocycles. The predicted molar refractivity (Wildman–Crippen MR) is 83.5 cm³/mol. The minimum Gasteiger partial charge on any atom is -0.434 e. The van der Waals surface area contributed by atoms with E-state index in [0.717, 1.165) is 0 Å². The Hall–Kier alpha value is -2.48. The van der Waals surface area contributed by atoms with Crippen molar-refractivity contribution >= 4 is 22.7 Å². The van der Waals surface area contributed by atoms with Gasteiger partial charge < -0.3 is 4.42 Å². The summed E-state index contributed by atoms with van der Waals surface area (Å²) in [7, 11) is 0. The Morgan fingerprint density at radius 1 is 1.29 bits per heavy atom. The number of hydrogen-bond donors (Lipinski definition) is 0. The minimum absolute atomic E-state index is 0.140. The Kier molecular flexibility index (Phi) is 3.14. The molecule has 8 nitrogen and oxygen atoms in total. The monoisotopic (exact) mass is 349 g/mol. The number of hydrogen-bond acceptors (Lipinski definition) is 6.